The van der Waals surface area contributed by atoms with E-state index in [1.54, 1.807) is 13.8 Å². The fourth-order valence-corrected chi connectivity index (χ4v) is 0.447. The van der Waals surface area contributed by atoms with Gasteiger partial charge in [0.05, 0.1) is 17.4 Å². The van der Waals surface area contributed by atoms with Crippen LogP contribution in [0.5, 0.6) is 0 Å². The third kappa shape index (κ3) is 3.40. The number of hydrogen-bond acceptors (Lipinski definition) is 3. The van der Waals surface area contributed by atoms with Gasteiger partial charge in [-0.2, -0.15) is 0 Å². The second-order valence-electron chi connectivity index (χ2n) is 2.09. The van der Waals surface area contributed by atoms with Crippen molar-refractivity contribution in [2.75, 3.05) is 0 Å². The van der Waals surface area contributed by atoms with Crippen LogP contribution in [0.1, 0.15) is 20.8 Å². The van der Waals surface area contributed by atoms with Crippen molar-refractivity contribution >= 4 is 22.1 Å². The molecule has 0 saturated carbocycles. The van der Waals surface area contributed by atoms with E-state index in [0.717, 1.165) is 0 Å². The van der Waals surface area contributed by atoms with Crippen molar-refractivity contribution in [1.29, 1.82) is 0 Å². The van der Waals surface area contributed by atoms with Gasteiger partial charge in [-0.3, -0.25) is 0 Å². The molecule has 0 aliphatic rings. The quantitative estimate of drug-likeness (QED) is 0.434. The Bertz CT molecular complexity index is 179. The van der Waals surface area contributed by atoms with Crippen LogP contribution in [0.25, 0.3) is 0 Å². The number of carbonyl (C=O) groups excluding carboxylic acids is 1. The van der Waals surface area contributed by atoms with E-state index >= 15 is 0 Å². The molecule has 0 aliphatic heterocycles. The lowest BCUT2D eigenvalue weighted by Crippen LogP contribution is -2.18. The van der Waals surface area contributed by atoms with E-state index in [-0.39, 0.29) is 22.2 Å². The Hall–Kier alpha value is -0.640. The molecular weight excluding hydrogens is 152 g/mol. The van der Waals surface area contributed by atoms with Crippen LogP contribution in [0, 0.1) is 0 Å². The lowest BCUT2D eigenvalue weighted by molar-refractivity contribution is -0.138. The first kappa shape index (κ1) is 9.36. The summed E-state index contributed by atoms with van der Waals surface area (Å²) in [6.45, 7) is 4.92. The minimum Gasteiger partial charge on any atom is -0.459 e. The topological polar surface area (TPSA) is 43.4 Å². The van der Waals surface area contributed by atoms with Crippen LogP contribution < -0.4 is 0 Å². The summed E-state index contributed by atoms with van der Waals surface area (Å²) in [4.78, 5) is 10.9. The SMILES string of the molecule is CC(=S=O)C(=O)OC(C)C. The van der Waals surface area contributed by atoms with Gasteiger partial charge in [0.1, 0.15) is 4.86 Å². The molecule has 10 heavy (non-hydrogen) atoms. The second kappa shape index (κ2) is 4.22. The Morgan fingerprint density at radius 3 is 2.30 bits per heavy atom. The molecule has 0 aromatic heterocycles. The standard InChI is InChI=1S/C6H10O3S/c1-4(2)9-6(7)5(3)10-8/h4H,1-3H3. The molecule has 0 rings (SSSR count). The van der Waals surface area contributed by atoms with Crippen LogP contribution in [0.15, 0.2) is 0 Å². The van der Waals surface area contributed by atoms with Gasteiger partial charge in [-0.15, -0.1) is 0 Å². The summed E-state index contributed by atoms with van der Waals surface area (Å²) in [5, 5.41) is 0. The maximum Gasteiger partial charge on any atom is 0.347 e. The summed E-state index contributed by atoms with van der Waals surface area (Å²) in [6.07, 6.45) is -0.158. The Morgan fingerprint density at radius 2 is 2.00 bits per heavy atom. The molecule has 3 nitrogen and oxygen atoms in total. The number of esters is 1. The first-order chi connectivity index (χ1) is 4.57. The molecule has 0 unspecified atom stereocenters. The van der Waals surface area contributed by atoms with Crippen LogP contribution in [-0.2, 0) is 20.8 Å². The van der Waals surface area contributed by atoms with Crippen molar-refractivity contribution in [2.45, 2.75) is 26.9 Å². The highest BCUT2D eigenvalue weighted by Crippen LogP contribution is 1.89. The Labute approximate surface area is 63.4 Å². The van der Waals surface area contributed by atoms with Gasteiger partial charge >= 0.3 is 5.97 Å². The Balaban J connectivity index is 3.99. The molecular formula is C6H10O3S. The summed E-state index contributed by atoms with van der Waals surface area (Å²) in [5.41, 5.74) is 0. The van der Waals surface area contributed by atoms with Gasteiger partial charge in [0.15, 0.2) is 0 Å². The lowest BCUT2D eigenvalue weighted by Gasteiger charge is -2.04. The molecule has 0 spiro atoms. The summed E-state index contributed by atoms with van der Waals surface area (Å²) in [6, 6.07) is 0. The van der Waals surface area contributed by atoms with Crippen molar-refractivity contribution in [3.63, 3.8) is 0 Å². The largest absolute Gasteiger partial charge is 0.459 e. The van der Waals surface area contributed by atoms with E-state index in [2.05, 4.69) is 0 Å². The predicted octanol–water partition coefficient (Wildman–Crippen LogP) is 0.343. The third-order valence-corrected chi connectivity index (χ3v) is 1.17. The molecule has 4 heteroatoms. The third-order valence-electron chi connectivity index (χ3n) is 0.755. The van der Waals surface area contributed by atoms with Gasteiger partial charge in [-0.05, 0) is 20.8 Å². The van der Waals surface area contributed by atoms with E-state index in [1.807, 2.05) is 0 Å². The van der Waals surface area contributed by atoms with Crippen LogP contribution in [0.3, 0.4) is 0 Å². The van der Waals surface area contributed by atoms with E-state index in [4.69, 9.17) is 4.74 Å². The van der Waals surface area contributed by atoms with E-state index in [9.17, 15) is 9.00 Å². The molecule has 0 bridgehead atoms. The molecule has 0 aromatic rings. The van der Waals surface area contributed by atoms with Gasteiger partial charge in [0.25, 0.3) is 0 Å². The number of carbonyl (C=O) groups is 1. The van der Waals surface area contributed by atoms with Crippen molar-refractivity contribution < 1.29 is 13.7 Å². The molecule has 0 amide bonds. The van der Waals surface area contributed by atoms with Crippen LogP contribution in [0.4, 0.5) is 0 Å². The fraction of sp³-hybridized carbons (Fsp3) is 0.667. The second-order valence-corrected chi connectivity index (χ2v) is 2.87. The van der Waals surface area contributed by atoms with Crippen LogP contribution in [0.2, 0.25) is 0 Å². The molecule has 0 heterocycles. The molecule has 0 radical (unpaired) electrons. The fourth-order valence-electron chi connectivity index (χ4n) is 0.331. The summed E-state index contributed by atoms with van der Waals surface area (Å²) in [7, 11) is 0. The number of rotatable bonds is 2. The van der Waals surface area contributed by atoms with E-state index < -0.39 is 5.97 Å². The highest BCUT2D eigenvalue weighted by Gasteiger charge is 2.07. The maximum atomic E-state index is 10.7. The minimum absolute atomic E-state index is 0.147. The van der Waals surface area contributed by atoms with Gasteiger partial charge in [-0.25, -0.2) is 9.00 Å². The molecule has 0 N–H and O–H groups in total. The molecule has 58 valence electrons. The molecule has 0 aromatic carbocycles. The summed E-state index contributed by atoms with van der Waals surface area (Å²) in [5.74, 6) is -0.519. The predicted molar refractivity (Wildman–Crippen MR) is 40.1 cm³/mol. The van der Waals surface area contributed by atoms with Gasteiger partial charge in [-0.1, -0.05) is 0 Å². The molecule has 0 saturated heterocycles. The average molecular weight is 162 g/mol. The minimum atomic E-state index is -0.519. The monoisotopic (exact) mass is 162 g/mol. The van der Waals surface area contributed by atoms with E-state index in [1.165, 1.54) is 6.92 Å². The Morgan fingerprint density at radius 1 is 1.50 bits per heavy atom. The zero-order valence-corrected chi connectivity index (χ0v) is 7.03. The van der Waals surface area contributed by atoms with Gasteiger partial charge in [0.2, 0.25) is 0 Å². The Kier molecular flexibility index (Phi) is 3.95. The summed E-state index contributed by atoms with van der Waals surface area (Å²) < 4.78 is 14.7. The van der Waals surface area contributed by atoms with Crippen molar-refractivity contribution in [1.82, 2.24) is 0 Å². The highest BCUT2D eigenvalue weighted by atomic mass is 32.1. The van der Waals surface area contributed by atoms with Gasteiger partial charge in [0, 0.05) is 0 Å². The average Bonchev–Trinajstić information content (AvgIpc) is 1.85. The lowest BCUT2D eigenvalue weighted by atomic mass is 10.4. The van der Waals surface area contributed by atoms with Crippen LogP contribution >= 0.6 is 0 Å². The zero-order valence-electron chi connectivity index (χ0n) is 6.21. The number of ether oxygens (including phenoxy) is 1. The molecule has 0 fully saturated rings. The smallest absolute Gasteiger partial charge is 0.347 e. The highest BCUT2D eigenvalue weighted by molar-refractivity contribution is 7.68. The van der Waals surface area contributed by atoms with Crippen LogP contribution in [-0.4, -0.2) is 21.1 Å². The first-order valence-corrected chi connectivity index (χ1v) is 3.66. The normalized spacial score (nSPS) is 9.20. The number of hydrogen-bond donors (Lipinski definition) is 0. The zero-order chi connectivity index (χ0) is 8.15. The summed E-state index contributed by atoms with van der Waals surface area (Å²) >= 11 is 0.167. The van der Waals surface area contributed by atoms with Gasteiger partial charge < -0.3 is 4.74 Å². The molecule has 0 aliphatic carbocycles. The van der Waals surface area contributed by atoms with Crippen molar-refractivity contribution in [3.8, 4) is 0 Å². The molecule has 0 atom stereocenters. The van der Waals surface area contributed by atoms with Crippen molar-refractivity contribution in [2.24, 2.45) is 0 Å². The van der Waals surface area contributed by atoms with Crippen molar-refractivity contribution in [3.05, 3.63) is 0 Å². The maximum absolute atomic E-state index is 10.7. The first-order valence-electron chi connectivity index (χ1n) is 2.92. The van der Waals surface area contributed by atoms with E-state index in [0.29, 0.717) is 0 Å².